The zero-order valence-corrected chi connectivity index (χ0v) is 12.0. The molecule has 1 aliphatic carbocycles. The van der Waals surface area contributed by atoms with Crippen molar-refractivity contribution in [2.45, 2.75) is 45.6 Å². The molecule has 1 atom stereocenters. The first-order chi connectivity index (χ1) is 8.94. The van der Waals surface area contributed by atoms with Crippen molar-refractivity contribution >= 4 is 5.91 Å². The molecule has 1 saturated carbocycles. The van der Waals surface area contributed by atoms with Gasteiger partial charge >= 0.3 is 0 Å². The topological polar surface area (TPSA) is 40.5 Å². The summed E-state index contributed by atoms with van der Waals surface area (Å²) in [4.78, 5) is 14.5. The number of carbonyl (C=O) groups is 1. The summed E-state index contributed by atoms with van der Waals surface area (Å²) >= 11 is 0. The average molecular weight is 261 g/mol. The Morgan fingerprint density at radius 3 is 2.32 bits per heavy atom. The van der Waals surface area contributed by atoms with E-state index in [1.165, 1.54) is 0 Å². The molecule has 1 aromatic carbocycles. The maximum atomic E-state index is 12.6. The van der Waals surface area contributed by atoms with E-state index in [1.807, 2.05) is 31.0 Å². The van der Waals surface area contributed by atoms with Gasteiger partial charge in [-0.2, -0.15) is 0 Å². The van der Waals surface area contributed by atoms with Crippen LogP contribution in [0.4, 0.5) is 0 Å². The summed E-state index contributed by atoms with van der Waals surface area (Å²) in [5.41, 5.74) is 0.871. The van der Waals surface area contributed by atoms with E-state index in [1.54, 1.807) is 12.1 Å². The van der Waals surface area contributed by atoms with Gasteiger partial charge < -0.3 is 10.0 Å². The van der Waals surface area contributed by atoms with Crippen molar-refractivity contribution in [3.63, 3.8) is 0 Å². The van der Waals surface area contributed by atoms with Crippen molar-refractivity contribution < 1.29 is 9.90 Å². The minimum atomic E-state index is -0.181. The first kappa shape index (κ1) is 13.9. The average Bonchev–Trinajstić information content (AvgIpc) is 2.85. The number of benzene rings is 1. The summed E-state index contributed by atoms with van der Waals surface area (Å²) in [6, 6.07) is 7.12. The van der Waals surface area contributed by atoms with Gasteiger partial charge in [-0.25, -0.2) is 0 Å². The lowest BCUT2D eigenvalue weighted by Gasteiger charge is -2.33. The molecule has 3 nitrogen and oxygen atoms in total. The van der Waals surface area contributed by atoms with E-state index in [0.717, 1.165) is 31.2 Å². The van der Waals surface area contributed by atoms with Gasteiger partial charge in [0, 0.05) is 12.5 Å². The molecule has 0 bridgehead atoms. The van der Waals surface area contributed by atoms with Crippen molar-refractivity contribution in [2.75, 3.05) is 7.05 Å². The maximum absolute atomic E-state index is 12.6. The highest BCUT2D eigenvalue weighted by molar-refractivity contribution is 5.82. The fourth-order valence-electron chi connectivity index (χ4n) is 2.95. The third-order valence-corrected chi connectivity index (χ3v) is 4.50. The molecule has 1 unspecified atom stereocenters. The monoisotopic (exact) mass is 261 g/mol. The van der Waals surface area contributed by atoms with E-state index in [-0.39, 0.29) is 23.1 Å². The number of hydrogen-bond donors (Lipinski definition) is 1. The largest absolute Gasteiger partial charge is 0.508 e. The summed E-state index contributed by atoms with van der Waals surface area (Å²) in [6.45, 7) is 4.12. The van der Waals surface area contributed by atoms with Gasteiger partial charge in [-0.3, -0.25) is 4.79 Å². The normalized spacial score (nSPS) is 19.1. The predicted molar refractivity (Wildman–Crippen MR) is 75.9 cm³/mol. The molecule has 0 aliphatic heterocycles. The molecule has 104 valence electrons. The molecule has 1 fully saturated rings. The lowest BCUT2D eigenvalue weighted by atomic mass is 9.86. The first-order valence-electron chi connectivity index (χ1n) is 7.00. The van der Waals surface area contributed by atoms with E-state index in [4.69, 9.17) is 0 Å². The molecule has 1 N–H and O–H groups in total. The highest BCUT2D eigenvalue weighted by Gasteiger charge is 2.39. The molecule has 1 aliphatic rings. The maximum Gasteiger partial charge on any atom is 0.228 e. The third-order valence-electron chi connectivity index (χ3n) is 4.50. The van der Waals surface area contributed by atoms with Gasteiger partial charge in [0.1, 0.15) is 5.75 Å². The quantitative estimate of drug-likeness (QED) is 0.904. The Morgan fingerprint density at radius 2 is 1.79 bits per heavy atom. The zero-order valence-electron chi connectivity index (χ0n) is 12.0. The first-order valence-corrected chi connectivity index (χ1v) is 7.00. The summed E-state index contributed by atoms with van der Waals surface area (Å²) in [6.07, 6.45) is 4.31. The van der Waals surface area contributed by atoms with Crippen molar-refractivity contribution in [1.82, 2.24) is 4.90 Å². The molecule has 19 heavy (non-hydrogen) atoms. The van der Waals surface area contributed by atoms with Gasteiger partial charge in [0.15, 0.2) is 0 Å². The molecular weight excluding hydrogens is 238 g/mol. The molecule has 1 amide bonds. The van der Waals surface area contributed by atoms with Crippen LogP contribution in [-0.2, 0) is 4.79 Å². The van der Waals surface area contributed by atoms with Crippen molar-refractivity contribution in [3.8, 4) is 5.75 Å². The Bertz CT molecular complexity index is 446. The highest BCUT2D eigenvalue weighted by Crippen LogP contribution is 2.40. The highest BCUT2D eigenvalue weighted by atomic mass is 16.3. The molecule has 0 aromatic heterocycles. The molecule has 0 spiro atoms. The molecule has 0 saturated heterocycles. The number of carbonyl (C=O) groups excluding carboxylic acids is 1. The van der Waals surface area contributed by atoms with Gasteiger partial charge in [-0.15, -0.1) is 0 Å². The summed E-state index contributed by atoms with van der Waals surface area (Å²) in [7, 11) is 1.88. The molecule has 3 heteroatoms. The van der Waals surface area contributed by atoms with Crippen LogP contribution in [0.15, 0.2) is 24.3 Å². The Kier molecular flexibility index (Phi) is 3.83. The van der Waals surface area contributed by atoms with Crippen LogP contribution in [-0.4, -0.2) is 23.0 Å². The van der Waals surface area contributed by atoms with Crippen LogP contribution < -0.4 is 0 Å². The number of phenolic OH excluding ortho intramolecular Hbond substituents is 1. The number of hydrogen-bond acceptors (Lipinski definition) is 2. The van der Waals surface area contributed by atoms with Crippen LogP contribution in [0.25, 0.3) is 0 Å². The number of rotatable bonds is 3. The second-order valence-corrected chi connectivity index (χ2v) is 5.95. The second-order valence-electron chi connectivity index (χ2n) is 5.95. The Hall–Kier alpha value is -1.51. The summed E-state index contributed by atoms with van der Waals surface area (Å²) < 4.78 is 0. The molecule has 2 rings (SSSR count). The fraction of sp³-hybridized carbons (Fsp3) is 0.562. The van der Waals surface area contributed by atoms with Crippen molar-refractivity contribution in [2.24, 2.45) is 5.41 Å². The second kappa shape index (κ2) is 5.24. The van der Waals surface area contributed by atoms with E-state index in [2.05, 4.69) is 6.92 Å². The summed E-state index contributed by atoms with van der Waals surface area (Å²) in [5, 5.41) is 9.32. The van der Waals surface area contributed by atoms with Crippen LogP contribution in [0.1, 0.15) is 51.1 Å². The Labute approximate surface area is 115 Å². The van der Waals surface area contributed by atoms with Crippen LogP contribution >= 0.6 is 0 Å². The minimum Gasteiger partial charge on any atom is -0.508 e. The SMILES string of the molecule is CC(c1ccc(O)cc1)N(C)C(=O)C1(C)CCCC1. The smallest absolute Gasteiger partial charge is 0.228 e. The lowest BCUT2D eigenvalue weighted by molar-refractivity contribution is -0.141. The Morgan fingerprint density at radius 1 is 1.26 bits per heavy atom. The zero-order chi connectivity index (χ0) is 14.0. The van der Waals surface area contributed by atoms with Crippen molar-refractivity contribution in [3.05, 3.63) is 29.8 Å². The van der Waals surface area contributed by atoms with Crippen LogP contribution in [0, 0.1) is 5.41 Å². The molecular formula is C16H23NO2. The van der Waals surface area contributed by atoms with Crippen LogP contribution in [0.3, 0.4) is 0 Å². The van der Waals surface area contributed by atoms with Gasteiger partial charge in [-0.05, 0) is 37.5 Å². The molecule has 0 heterocycles. The lowest BCUT2D eigenvalue weighted by Crippen LogP contribution is -2.40. The van der Waals surface area contributed by atoms with Gasteiger partial charge in [-0.1, -0.05) is 31.9 Å². The van der Waals surface area contributed by atoms with E-state index < -0.39 is 0 Å². The van der Waals surface area contributed by atoms with Crippen molar-refractivity contribution in [1.29, 1.82) is 0 Å². The standard InChI is InChI=1S/C16H23NO2/c1-12(13-6-8-14(18)9-7-13)17(3)15(19)16(2)10-4-5-11-16/h6-9,12,18H,4-5,10-11H2,1-3H3. The third kappa shape index (κ3) is 2.75. The fourth-order valence-corrected chi connectivity index (χ4v) is 2.95. The van der Waals surface area contributed by atoms with Gasteiger partial charge in [0.25, 0.3) is 0 Å². The summed E-state index contributed by atoms with van der Waals surface area (Å²) in [5.74, 6) is 0.498. The number of amides is 1. The van der Waals surface area contributed by atoms with Crippen LogP contribution in [0.5, 0.6) is 5.75 Å². The number of nitrogens with zero attached hydrogens (tertiary/aromatic N) is 1. The number of aromatic hydroxyl groups is 1. The van der Waals surface area contributed by atoms with E-state index in [0.29, 0.717) is 0 Å². The number of phenols is 1. The van der Waals surface area contributed by atoms with E-state index >= 15 is 0 Å². The Balaban J connectivity index is 2.12. The van der Waals surface area contributed by atoms with Crippen LogP contribution in [0.2, 0.25) is 0 Å². The van der Waals surface area contributed by atoms with E-state index in [9.17, 15) is 9.90 Å². The predicted octanol–water partition coefficient (Wildman–Crippen LogP) is 3.49. The van der Waals surface area contributed by atoms with Gasteiger partial charge in [0.05, 0.1) is 6.04 Å². The minimum absolute atomic E-state index is 0.0329. The van der Waals surface area contributed by atoms with Gasteiger partial charge in [0.2, 0.25) is 5.91 Å². The molecule has 0 radical (unpaired) electrons. The molecule has 1 aromatic rings.